The summed E-state index contributed by atoms with van der Waals surface area (Å²) in [6, 6.07) is 7.61. The summed E-state index contributed by atoms with van der Waals surface area (Å²) < 4.78 is 5.42. The Morgan fingerprint density at radius 1 is 1.47 bits per heavy atom. The highest BCUT2D eigenvalue weighted by molar-refractivity contribution is 5.82. The smallest absolute Gasteiger partial charge is 0.226 e. The molecule has 0 aromatic heterocycles. The number of amides is 1. The van der Waals surface area contributed by atoms with E-state index in [4.69, 9.17) is 4.74 Å². The van der Waals surface area contributed by atoms with Crippen molar-refractivity contribution in [1.29, 1.82) is 0 Å². The molecule has 4 nitrogen and oxygen atoms in total. The lowest BCUT2D eigenvalue weighted by Gasteiger charge is -2.18. The normalized spacial score (nSPS) is 31.9. The molecule has 2 aliphatic rings. The summed E-state index contributed by atoms with van der Waals surface area (Å²) in [4.78, 5) is 12.1. The van der Waals surface area contributed by atoms with E-state index < -0.39 is 6.10 Å². The Hall–Kier alpha value is -1.39. The van der Waals surface area contributed by atoms with Crippen LogP contribution in [-0.4, -0.2) is 29.8 Å². The maximum atomic E-state index is 12.1. The summed E-state index contributed by atoms with van der Waals surface area (Å²) in [5.41, 5.74) is 2.16. The minimum Gasteiger partial charge on any atom is -0.390 e. The molecule has 4 unspecified atom stereocenters. The number of hydrogen-bond donors (Lipinski definition) is 2. The monoisotopic (exact) mass is 261 g/mol. The number of carbonyl (C=O) groups excluding carboxylic acids is 1. The molecule has 0 radical (unpaired) electrons. The predicted molar refractivity (Wildman–Crippen MR) is 70.6 cm³/mol. The maximum Gasteiger partial charge on any atom is 0.226 e. The van der Waals surface area contributed by atoms with E-state index in [0.29, 0.717) is 13.0 Å². The quantitative estimate of drug-likeness (QED) is 0.856. The Morgan fingerprint density at radius 3 is 3.05 bits per heavy atom. The topological polar surface area (TPSA) is 58.6 Å². The molecule has 1 aromatic carbocycles. The zero-order valence-corrected chi connectivity index (χ0v) is 11.0. The molecule has 19 heavy (non-hydrogen) atoms. The molecule has 4 atom stereocenters. The van der Waals surface area contributed by atoms with Crippen LogP contribution in [0.25, 0.3) is 0 Å². The summed E-state index contributed by atoms with van der Waals surface area (Å²) in [6.07, 6.45) is 0.953. The van der Waals surface area contributed by atoms with Crippen molar-refractivity contribution in [3.8, 4) is 0 Å². The third-order valence-electron chi connectivity index (χ3n) is 3.95. The molecular weight excluding hydrogens is 242 g/mol. The lowest BCUT2D eigenvalue weighted by atomic mass is 10.1. The summed E-state index contributed by atoms with van der Waals surface area (Å²) in [6.45, 7) is 2.58. The molecule has 0 spiro atoms. The average molecular weight is 261 g/mol. The SMILES string of the molecule is CCOC1CC1C(=O)NC1c2ccccc2CC1O. The van der Waals surface area contributed by atoms with Gasteiger partial charge in [-0.15, -0.1) is 0 Å². The predicted octanol–water partition coefficient (Wildman–Crippen LogP) is 1.19. The fourth-order valence-electron chi connectivity index (χ4n) is 2.85. The van der Waals surface area contributed by atoms with Crippen molar-refractivity contribution < 1.29 is 14.6 Å². The minimum atomic E-state index is -0.523. The molecule has 102 valence electrons. The van der Waals surface area contributed by atoms with Gasteiger partial charge in [-0.2, -0.15) is 0 Å². The molecule has 2 aliphatic carbocycles. The van der Waals surface area contributed by atoms with E-state index in [1.165, 1.54) is 0 Å². The molecule has 1 aromatic rings. The molecule has 1 amide bonds. The number of benzene rings is 1. The van der Waals surface area contributed by atoms with Crippen molar-refractivity contribution in [2.45, 2.75) is 38.0 Å². The van der Waals surface area contributed by atoms with Crippen LogP contribution in [-0.2, 0) is 16.0 Å². The van der Waals surface area contributed by atoms with Gasteiger partial charge in [0.15, 0.2) is 0 Å². The van der Waals surface area contributed by atoms with Gasteiger partial charge in [-0.25, -0.2) is 0 Å². The molecule has 3 rings (SSSR count). The van der Waals surface area contributed by atoms with Crippen LogP contribution < -0.4 is 5.32 Å². The largest absolute Gasteiger partial charge is 0.390 e. The fraction of sp³-hybridized carbons (Fsp3) is 0.533. The van der Waals surface area contributed by atoms with E-state index in [2.05, 4.69) is 5.32 Å². The van der Waals surface area contributed by atoms with Gasteiger partial charge in [0.2, 0.25) is 5.91 Å². The van der Waals surface area contributed by atoms with Crippen LogP contribution in [0.2, 0.25) is 0 Å². The van der Waals surface area contributed by atoms with Crippen molar-refractivity contribution in [3.63, 3.8) is 0 Å². The van der Waals surface area contributed by atoms with Crippen LogP contribution in [0.1, 0.15) is 30.5 Å². The molecule has 4 heteroatoms. The Labute approximate surface area is 112 Å². The second-order valence-electron chi connectivity index (χ2n) is 5.29. The van der Waals surface area contributed by atoms with Gasteiger partial charge in [0.1, 0.15) is 0 Å². The van der Waals surface area contributed by atoms with E-state index in [1.807, 2.05) is 31.2 Å². The van der Waals surface area contributed by atoms with E-state index >= 15 is 0 Å². The summed E-state index contributed by atoms with van der Waals surface area (Å²) in [7, 11) is 0. The highest BCUT2D eigenvalue weighted by Crippen LogP contribution is 2.36. The van der Waals surface area contributed by atoms with Crippen LogP contribution in [0.4, 0.5) is 0 Å². The van der Waals surface area contributed by atoms with Crippen molar-refractivity contribution in [2.24, 2.45) is 5.92 Å². The first-order chi connectivity index (χ1) is 9.20. The number of nitrogens with one attached hydrogen (secondary N) is 1. The lowest BCUT2D eigenvalue weighted by molar-refractivity contribution is -0.124. The van der Waals surface area contributed by atoms with E-state index in [9.17, 15) is 9.90 Å². The molecular formula is C15H19NO3. The van der Waals surface area contributed by atoms with Gasteiger partial charge in [0.05, 0.1) is 24.2 Å². The molecule has 0 aliphatic heterocycles. The summed E-state index contributed by atoms with van der Waals surface area (Å²) in [5.74, 6) is -0.0425. The molecule has 1 fully saturated rings. The molecule has 0 saturated heterocycles. The second-order valence-corrected chi connectivity index (χ2v) is 5.29. The van der Waals surface area contributed by atoms with E-state index in [-0.39, 0.29) is 24.0 Å². The summed E-state index contributed by atoms with van der Waals surface area (Å²) >= 11 is 0. The number of carbonyl (C=O) groups is 1. The van der Waals surface area contributed by atoms with Gasteiger partial charge < -0.3 is 15.2 Å². The second kappa shape index (κ2) is 4.94. The third-order valence-corrected chi connectivity index (χ3v) is 3.95. The van der Waals surface area contributed by atoms with Crippen LogP contribution in [0, 0.1) is 5.92 Å². The third kappa shape index (κ3) is 2.38. The lowest BCUT2D eigenvalue weighted by Crippen LogP contribution is -2.35. The van der Waals surface area contributed by atoms with E-state index in [0.717, 1.165) is 17.5 Å². The Bertz CT molecular complexity index is 488. The number of ether oxygens (including phenoxy) is 1. The van der Waals surface area contributed by atoms with Gasteiger partial charge in [-0.05, 0) is 24.5 Å². The number of fused-ring (bicyclic) bond motifs is 1. The molecule has 1 saturated carbocycles. The number of aliphatic hydroxyl groups excluding tert-OH is 1. The van der Waals surface area contributed by atoms with Gasteiger partial charge >= 0.3 is 0 Å². The van der Waals surface area contributed by atoms with Crippen LogP contribution in [0.3, 0.4) is 0 Å². The van der Waals surface area contributed by atoms with Crippen molar-refractivity contribution >= 4 is 5.91 Å². The first-order valence-corrected chi connectivity index (χ1v) is 6.88. The maximum absolute atomic E-state index is 12.1. The first kappa shape index (κ1) is 12.6. The van der Waals surface area contributed by atoms with Gasteiger partial charge in [-0.1, -0.05) is 24.3 Å². The van der Waals surface area contributed by atoms with Gasteiger partial charge in [0.25, 0.3) is 0 Å². The first-order valence-electron chi connectivity index (χ1n) is 6.88. The molecule has 0 heterocycles. The number of rotatable bonds is 4. The Balaban J connectivity index is 1.66. The average Bonchev–Trinajstić information content (AvgIpc) is 3.10. The van der Waals surface area contributed by atoms with Crippen LogP contribution in [0.15, 0.2) is 24.3 Å². The van der Waals surface area contributed by atoms with Gasteiger partial charge in [0, 0.05) is 13.0 Å². The van der Waals surface area contributed by atoms with Crippen molar-refractivity contribution in [3.05, 3.63) is 35.4 Å². The molecule has 0 bridgehead atoms. The van der Waals surface area contributed by atoms with Crippen molar-refractivity contribution in [1.82, 2.24) is 5.32 Å². The standard InChI is InChI=1S/C15H19NO3/c1-2-19-13-8-11(13)15(18)16-14-10-6-4-3-5-9(10)7-12(14)17/h3-6,11-14,17H,2,7-8H2,1H3,(H,16,18). The summed E-state index contributed by atoms with van der Waals surface area (Å²) in [5, 5.41) is 13.1. The van der Waals surface area contributed by atoms with Gasteiger partial charge in [-0.3, -0.25) is 4.79 Å². The fourth-order valence-corrected chi connectivity index (χ4v) is 2.85. The highest BCUT2D eigenvalue weighted by Gasteiger charge is 2.45. The zero-order valence-electron chi connectivity index (χ0n) is 11.0. The number of hydrogen-bond acceptors (Lipinski definition) is 3. The van der Waals surface area contributed by atoms with E-state index in [1.54, 1.807) is 0 Å². The highest BCUT2D eigenvalue weighted by atomic mass is 16.5. The van der Waals surface area contributed by atoms with Crippen LogP contribution >= 0.6 is 0 Å². The zero-order chi connectivity index (χ0) is 13.4. The number of aliphatic hydroxyl groups is 1. The Morgan fingerprint density at radius 2 is 2.26 bits per heavy atom. The van der Waals surface area contributed by atoms with Crippen LogP contribution in [0.5, 0.6) is 0 Å². The minimum absolute atomic E-state index is 0.000738. The Kier molecular flexibility index (Phi) is 3.29. The molecule has 2 N–H and O–H groups in total. The van der Waals surface area contributed by atoms with Crippen molar-refractivity contribution in [2.75, 3.05) is 6.61 Å².